The second-order valence-electron chi connectivity index (χ2n) is 4.50. The Balaban J connectivity index is 2.24. The minimum Gasteiger partial charge on any atom is -0.411 e. The molecule has 0 spiro atoms. The Labute approximate surface area is 141 Å². The Morgan fingerprint density at radius 1 is 1.21 bits per heavy atom. The number of hydrogen-bond acceptors (Lipinski definition) is 6. The predicted molar refractivity (Wildman–Crippen MR) is 88.8 cm³/mol. The van der Waals surface area contributed by atoms with Crippen LogP contribution >= 0.6 is 11.6 Å². The van der Waals surface area contributed by atoms with Crippen LogP contribution in [-0.2, 0) is 0 Å². The number of non-ortho nitro benzene ring substituents is 1. The molecule has 2 aromatic rings. The van der Waals surface area contributed by atoms with Crippen LogP contribution in [0.5, 0.6) is 0 Å². The number of benzene rings is 2. The number of oxime groups is 1. The number of rotatable bonds is 5. The summed E-state index contributed by atoms with van der Waals surface area (Å²) in [5.74, 6) is -0.649. The molecular weight excluding hydrogens is 336 g/mol. The van der Waals surface area contributed by atoms with Gasteiger partial charge in [0.25, 0.3) is 11.6 Å². The van der Waals surface area contributed by atoms with Gasteiger partial charge in [0, 0.05) is 28.3 Å². The van der Waals surface area contributed by atoms with E-state index in [9.17, 15) is 14.9 Å². The fourth-order valence-corrected chi connectivity index (χ4v) is 2.00. The summed E-state index contributed by atoms with van der Waals surface area (Å²) in [6, 6.07) is 11.8. The summed E-state index contributed by atoms with van der Waals surface area (Å²) < 4.78 is 0. The van der Waals surface area contributed by atoms with Crippen molar-refractivity contribution >= 4 is 35.1 Å². The first-order valence-corrected chi connectivity index (χ1v) is 6.95. The van der Waals surface area contributed by atoms with Gasteiger partial charge < -0.3 is 5.21 Å². The summed E-state index contributed by atoms with van der Waals surface area (Å²) in [5.41, 5.74) is 2.77. The number of nitrogens with one attached hydrogen (secondary N) is 1. The molecule has 0 aliphatic heterocycles. The molecule has 2 rings (SSSR count). The van der Waals surface area contributed by atoms with E-state index >= 15 is 0 Å². The lowest BCUT2D eigenvalue weighted by Crippen LogP contribution is -2.20. The van der Waals surface area contributed by atoms with Gasteiger partial charge in [-0.25, -0.2) is 5.43 Å². The van der Waals surface area contributed by atoms with Gasteiger partial charge in [0.15, 0.2) is 0 Å². The molecule has 2 N–H and O–H groups in total. The first-order chi connectivity index (χ1) is 11.5. The normalized spacial score (nSPS) is 11.5. The summed E-state index contributed by atoms with van der Waals surface area (Å²) in [6.07, 6.45) is 1.03. The van der Waals surface area contributed by atoms with Crippen molar-refractivity contribution in [2.24, 2.45) is 10.3 Å². The van der Waals surface area contributed by atoms with E-state index < -0.39 is 10.8 Å². The van der Waals surface area contributed by atoms with Crippen molar-refractivity contribution in [1.29, 1.82) is 0 Å². The molecule has 0 bridgehead atoms. The number of nitrogens with zero attached hydrogens (tertiary/aromatic N) is 3. The minimum absolute atomic E-state index is 0.0688. The van der Waals surface area contributed by atoms with E-state index in [-0.39, 0.29) is 17.0 Å². The van der Waals surface area contributed by atoms with E-state index in [2.05, 4.69) is 15.7 Å². The van der Waals surface area contributed by atoms with Crippen molar-refractivity contribution in [3.63, 3.8) is 0 Å². The first-order valence-electron chi connectivity index (χ1n) is 6.57. The van der Waals surface area contributed by atoms with E-state index in [0.29, 0.717) is 10.6 Å². The molecule has 0 fully saturated rings. The van der Waals surface area contributed by atoms with Crippen LogP contribution in [0, 0.1) is 10.1 Å². The number of carbonyl (C=O) groups is 1. The third-order valence-corrected chi connectivity index (χ3v) is 3.13. The van der Waals surface area contributed by atoms with Gasteiger partial charge in [-0.2, -0.15) is 5.10 Å². The lowest BCUT2D eigenvalue weighted by atomic mass is 10.1. The van der Waals surface area contributed by atoms with E-state index in [4.69, 9.17) is 16.8 Å². The Morgan fingerprint density at radius 2 is 1.92 bits per heavy atom. The molecule has 1 amide bonds. The number of carbonyl (C=O) groups excluding carboxylic acids is 1. The highest BCUT2D eigenvalue weighted by Crippen LogP contribution is 2.13. The van der Waals surface area contributed by atoms with Gasteiger partial charge >= 0.3 is 0 Å². The lowest BCUT2D eigenvalue weighted by molar-refractivity contribution is -0.384. The summed E-state index contributed by atoms with van der Waals surface area (Å²) in [6.45, 7) is 0. The van der Waals surface area contributed by atoms with Gasteiger partial charge in [0.2, 0.25) is 0 Å². The monoisotopic (exact) mass is 346 g/mol. The molecule has 24 heavy (non-hydrogen) atoms. The quantitative estimate of drug-likeness (QED) is 0.374. The number of halogens is 1. The molecule has 0 saturated carbocycles. The van der Waals surface area contributed by atoms with E-state index in [1.807, 2.05) is 0 Å². The molecule has 8 nitrogen and oxygen atoms in total. The third-order valence-electron chi connectivity index (χ3n) is 2.90. The van der Waals surface area contributed by atoms with Gasteiger partial charge in [-0.3, -0.25) is 14.9 Å². The average Bonchev–Trinajstić information content (AvgIpc) is 2.58. The number of hydrazone groups is 1. The summed E-state index contributed by atoms with van der Waals surface area (Å²) in [5, 5.41) is 26.6. The van der Waals surface area contributed by atoms with E-state index in [1.54, 1.807) is 24.3 Å². The Hall–Kier alpha value is -3.26. The molecule has 0 unspecified atom stereocenters. The van der Waals surface area contributed by atoms with Gasteiger partial charge in [0.05, 0.1) is 11.1 Å². The fourth-order valence-electron chi connectivity index (χ4n) is 1.81. The first kappa shape index (κ1) is 17.1. The third kappa shape index (κ3) is 4.37. The van der Waals surface area contributed by atoms with Gasteiger partial charge in [-0.05, 0) is 18.2 Å². The van der Waals surface area contributed by atoms with Crippen LogP contribution in [0.2, 0.25) is 5.02 Å². The van der Waals surface area contributed by atoms with Crippen molar-refractivity contribution in [2.45, 2.75) is 0 Å². The molecule has 122 valence electrons. The van der Waals surface area contributed by atoms with Crippen molar-refractivity contribution in [3.8, 4) is 0 Å². The Bertz CT molecular complexity index is 836. The smallest absolute Gasteiger partial charge is 0.271 e. The highest BCUT2D eigenvalue weighted by molar-refractivity contribution is 6.39. The van der Waals surface area contributed by atoms with Crippen LogP contribution in [0.15, 0.2) is 58.8 Å². The van der Waals surface area contributed by atoms with Crippen LogP contribution in [0.4, 0.5) is 5.69 Å². The molecule has 0 radical (unpaired) electrons. The maximum Gasteiger partial charge on any atom is 0.271 e. The molecular formula is C15H11ClN4O4. The number of amides is 1. The zero-order valence-electron chi connectivity index (χ0n) is 12.1. The van der Waals surface area contributed by atoms with Gasteiger partial charge in [-0.15, -0.1) is 0 Å². The fraction of sp³-hybridized carbons (Fsp3) is 0. The van der Waals surface area contributed by atoms with Crippen molar-refractivity contribution in [3.05, 3.63) is 74.8 Å². The molecule has 0 atom stereocenters. The molecule has 0 aliphatic rings. The van der Waals surface area contributed by atoms with E-state index in [0.717, 1.165) is 12.3 Å². The van der Waals surface area contributed by atoms with Crippen LogP contribution in [0.3, 0.4) is 0 Å². The zero-order chi connectivity index (χ0) is 17.5. The largest absolute Gasteiger partial charge is 0.411 e. The Kier molecular flexibility index (Phi) is 5.58. The van der Waals surface area contributed by atoms with Gasteiger partial charge in [0.1, 0.15) is 5.71 Å². The second-order valence-corrected chi connectivity index (χ2v) is 4.94. The number of nitro groups is 1. The van der Waals surface area contributed by atoms with Crippen LogP contribution in [-0.4, -0.2) is 28.0 Å². The van der Waals surface area contributed by atoms with Crippen LogP contribution < -0.4 is 5.43 Å². The standard InChI is InChI=1S/C15H11ClN4O4/c16-12-5-1-3-10(7-12)14(9-17-22)18-19-15(21)11-4-2-6-13(8-11)20(23)24/h1-9,22H,(H,19,21)/b17-9+,18-14+. The molecule has 0 aliphatic carbocycles. The molecule has 9 heteroatoms. The zero-order valence-corrected chi connectivity index (χ0v) is 12.8. The maximum absolute atomic E-state index is 12.1. The molecule has 0 aromatic heterocycles. The number of nitro benzene ring substituents is 1. The second kappa shape index (κ2) is 7.84. The van der Waals surface area contributed by atoms with Crippen molar-refractivity contribution in [1.82, 2.24) is 5.43 Å². The summed E-state index contributed by atoms with van der Waals surface area (Å²) in [4.78, 5) is 22.2. The lowest BCUT2D eigenvalue weighted by Gasteiger charge is -2.04. The maximum atomic E-state index is 12.1. The number of hydrogen-bond donors (Lipinski definition) is 2. The highest BCUT2D eigenvalue weighted by atomic mass is 35.5. The van der Waals surface area contributed by atoms with E-state index in [1.165, 1.54) is 18.2 Å². The predicted octanol–water partition coefficient (Wildman–Crippen LogP) is 2.84. The van der Waals surface area contributed by atoms with Gasteiger partial charge in [-0.1, -0.05) is 35.0 Å². The molecule has 0 heterocycles. The van der Waals surface area contributed by atoms with Crippen molar-refractivity contribution in [2.75, 3.05) is 0 Å². The SMILES string of the molecule is O=C(N/N=C(\C=N\O)c1cccc(Cl)c1)c1cccc([N+](=O)[O-])c1. The Morgan fingerprint density at radius 3 is 2.58 bits per heavy atom. The topological polar surface area (TPSA) is 117 Å². The molecule has 2 aromatic carbocycles. The van der Waals surface area contributed by atoms with Crippen molar-refractivity contribution < 1.29 is 14.9 Å². The average molecular weight is 347 g/mol. The molecule has 0 saturated heterocycles. The highest BCUT2D eigenvalue weighted by Gasteiger charge is 2.11. The summed E-state index contributed by atoms with van der Waals surface area (Å²) in [7, 11) is 0. The summed E-state index contributed by atoms with van der Waals surface area (Å²) >= 11 is 5.88. The van der Waals surface area contributed by atoms with Crippen LogP contribution in [0.1, 0.15) is 15.9 Å². The van der Waals surface area contributed by atoms with Crippen LogP contribution in [0.25, 0.3) is 0 Å². The minimum atomic E-state index is -0.649.